The Bertz CT molecular complexity index is 1700. The number of benzene rings is 3. The summed E-state index contributed by atoms with van der Waals surface area (Å²) in [4.78, 5) is 56.3. The molecular formula is C33H35N5O6. The number of rotatable bonds is 4. The average molecular weight is 598 g/mol. The van der Waals surface area contributed by atoms with Gasteiger partial charge in [0.25, 0.3) is 5.91 Å². The summed E-state index contributed by atoms with van der Waals surface area (Å²) in [5.41, 5.74) is 2.57. The zero-order valence-corrected chi connectivity index (χ0v) is 24.6. The lowest BCUT2D eigenvalue weighted by molar-refractivity contribution is -0.132. The quantitative estimate of drug-likeness (QED) is 0.198. The number of aromatic hydroxyl groups is 1. The number of carbonyl (C=O) groups excluding carboxylic acids is 4. The van der Waals surface area contributed by atoms with Gasteiger partial charge in [0.15, 0.2) is 0 Å². The topological polar surface area (TPSA) is 162 Å². The third kappa shape index (κ3) is 6.83. The number of carbonyl (C=O) groups is 4. The van der Waals surface area contributed by atoms with Gasteiger partial charge in [-0.1, -0.05) is 38.1 Å². The van der Waals surface area contributed by atoms with Crippen LogP contribution in [-0.4, -0.2) is 51.8 Å². The van der Waals surface area contributed by atoms with Crippen molar-refractivity contribution in [3.8, 4) is 17.2 Å². The van der Waals surface area contributed by atoms with Crippen LogP contribution in [0.25, 0.3) is 10.9 Å². The highest BCUT2D eigenvalue weighted by Crippen LogP contribution is 2.28. The normalized spacial score (nSPS) is 19.4. The molecular weight excluding hydrogens is 562 g/mol. The van der Waals surface area contributed by atoms with Crippen LogP contribution < -0.4 is 26.0 Å². The number of nitrogens with one attached hydrogen (secondary N) is 5. The van der Waals surface area contributed by atoms with Crippen LogP contribution in [0.4, 0.5) is 0 Å². The molecule has 0 radical (unpaired) electrons. The smallest absolute Gasteiger partial charge is 0.255 e. The number of phenols is 1. The molecule has 11 heteroatoms. The van der Waals surface area contributed by atoms with Crippen LogP contribution in [0.15, 0.2) is 72.9 Å². The Labute approximate surface area is 254 Å². The van der Waals surface area contributed by atoms with Gasteiger partial charge in [0.1, 0.15) is 35.4 Å². The van der Waals surface area contributed by atoms with Gasteiger partial charge in [-0.25, -0.2) is 0 Å². The maximum Gasteiger partial charge on any atom is 0.255 e. The Balaban J connectivity index is 1.43. The van der Waals surface area contributed by atoms with Crippen LogP contribution in [0, 0.1) is 5.92 Å². The molecule has 0 aliphatic carbocycles. The third-order valence-electron chi connectivity index (χ3n) is 7.57. The number of hydrogen-bond donors (Lipinski definition) is 6. The lowest BCUT2D eigenvalue weighted by Gasteiger charge is -2.25. The predicted molar refractivity (Wildman–Crippen MR) is 164 cm³/mol. The van der Waals surface area contributed by atoms with E-state index in [0.29, 0.717) is 11.5 Å². The van der Waals surface area contributed by atoms with Crippen LogP contribution in [0.5, 0.6) is 17.2 Å². The molecule has 1 aromatic heterocycles. The second-order valence-corrected chi connectivity index (χ2v) is 11.2. The lowest BCUT2D eigenvalue weighted by Crippen LogP contribution is -2.57. The number of H-pyrrole nitrogens is 1. The van der Waals surface area contributed by atoms with Crippen LogP contribution in [-0.2, 0) is 27.3 Å². The molecule has 0 fully saturated rings. The van der Waals surface area contributed by atoms with E-state index in [1.165, 1.54) is 25.1 Å². The highest BCUT2D eigenvalue weighted by atomic mass is 16.5. The van der Waals surface area contributed by atoms with Gasteiger partial charge in [-0.2, -0.15) is 0 Å². The van der Waals surface area contributed by atoms with Crippen molar-refractivity contribution >= 4 is 34.5 Å². The summed E-state index contributed by atoms with van der Waals surface area (Å²) in [5, 5.41) is 22.4. The molecule has 3 heterocycles. The molecule has 0 unspecified atom stereocenters. The minimum absolute atomic E-state index is 0.0638. The SMILES string of the molecule is CC(C)[C@@H]1NC(=O)c2cc(ccc2O)Oc2ccc(cc2)C[C@@H](C(=O)NCc2cccc3[nH]ccc23)NC(=O)[C@H](C)NC1=O. The monoisotopic (exact) mass is 597 g/mol. The van der Waals surface area contributed by atoms with Crippen LogP contribution in [0.2, 0.25) is 0 Å². The Kier molecular flexibility index (Phi) is 8.84. The Morgan fingerprint density at radius 1 is 0.955 bits per heavy atom. The fourth-order valence-corrected chi connectivity index (χ4v) is 5.06. The second kappa shape index (κ2) is 12.9. The van der Waals surface area contributed by atoms with Crippen molar-refractivity contribution in [2.75, 3.05) is 0 Å². The van der Waals surface area contributed by atoms with Gasteiger partial charge in [-0.15, -0.1) is 0 Å². The predicted octanol–water partition coefficient (Wildman–Crippen LogP) is 3.28. The van der Waals surface area contributed by atoms with Gasteiger partial charge in [-0.3, -0.25) is 19.2 Å². The summed E-state index contributed by atoms with van der Waals surface area (Å²) in [6.07, 6.45) is 2.02. The van der Waals surface area contributed by atoms with E-state index >= 15 is 0 Å². The van der Waals surface area contributed by atoms with Gasteiger partial charge in [0, 0.05) is 30.1 Å². The maximum absolute atomic E-state index is 13.5. The van der Waals surface area contributed by atoms with E-state index in [9.17, 15) is 24.3 Å². The molecule has 4 bridgehead atoms. The number of aromatic amines is 1. The molecule has 3 atom stereocenters. The fraction of sp³-hybridized carbons (Fsp3) is 0.273. The Hall–Kier alpha value is -5.32. The minimum atomic E-state index is -1.02. The number of fused-ring (bicyclic) bond motifs is 12. The number of amides is 4. The van der Waals surface area contributed by atoms with Crippen molar-refractivity contribution in [1.29, 1.82) is 0 Å². The molecule has 2 aliphatic rings. The van der Waals surface area contributed by atoms with E-state index in [0.717, 1.165) is 22.0 Å². The van der Waals surface area contributed by atoms with Crippen molar-refractivity contribution in [3.05, 3.63) is 89.6 Å². The molecule has 44 heavy (non-hydrogen) atoms. The molecule has 6 rings (SSSR count). The number of phenolic OH excluding ortho intramolecular Hbond substituents is 1. The largest absolute Gasteiger partial charge is 0.507 e. The Morgan fingerprint density at radius 3 is 2.45 bits per heavy atom. The Morgan fingerprint density at radius 2 is 1.70 bits per heavy atom. The van der Waals surface area contributed by atoms with E-state index in [1.54, 1.807) is 38.1 Å². The maximum atomic E-state index is 13.5. The third-order valence-corrected chi connectivity index (χ3v) is 7.57. The van der Waals surface area contributed by atoms with Gasteiger partial charge in [0.05, 0.1) is 5.56 Å². The highest BCUT2D eigenvalue weighted by molar-refractivity contribution is 6.00. The van der Waals surface area contributed by atoms with Gasteiger partial charge < -0.3 is 36.1 Å². The molecule has 0 saturated carbocycles. The van der Waals surface area contributed by atoms with E-state index in [-0.39, 0.29) is 36.1 Å². The molecule has 11 nitrogen and oxygen atoms in total. The van der Waals surface area contributed by atoms with Gasteiger partial charge in [0.2, 0.25) is 17.7 Å². The summed E-state index contributed by atoms with van der Waals surface area (Å²) in [5.74, 6) is -2.06. The van der Waals surface area contributed by atoms with Crippen molar-refractivity contribution in [2.24, 2.45) is 5.92 Å². The van der Waals surface area contributed by atoms with Crippen molar-refractivity contribution in [2.45, 2.75) is 51.9 Å². The lowest BCUT2D eigenvalue weighted by atomic mass is 10.0. The number of hydrogen-bond acceptors (Lipinski definition) is 6. The van der Waals surface area contributed by atoms with Crippen molar-refractivity contribution < 1.29 is 29.0 Å². The number of ether oxygens (including phenoxy) is 1. The molecule has 2 aliphatic heterocycles. The molecule has 3 aromatic carbocycles. The molecule has 0 spiro atoms. The summed E-state index contributed by atoms with van der Waals surface area (Å²) < 4.78 is 5.92. The number of aromatic nitrogens is 1. The van der Waals surface area contributed by atoms with Gasteiger partial charge in [-0.05, 0) is 66.4 Å². The first kappa shape index (κ1) is 30.1. The van der Waals surface area contributed by atoms with E-state index < -0.39 is 35.8 Å². The summed E-state index contributed by atoms with van der Waals surface area (Å²) in [6.45, 7) is 5.26. The van der Waals surface area contributed by atoms with E-state index in [4.69, 9.17) is 4.74 Å². The summed E-state index contributed by atoms with van der Waals surface area (Å²) in [6, 6.07) is 16.0. The average Bonchev–Trinajstić information content (AvgIpc) is 3.49. The molecule has 4 amide bonds. The zero-order valence-electron chi connectivity index (χ0n) is 24.6. The van der Waals surface area contributed by atoms with E-state index in [2.05, 4.69) is 26.3 Å². The van der Waals surface area contributed by atoms with Crippen LogP contribution in [0.1, 0.15) is 42.3 Å². The van der Waals surface area contributed by atoms with Crippen molar-refractivity contribution in [1.82, 2.24) is 26.3 Å². The fourth-order valence-electron chi connectivity index (χ4n) is 5.06. The standard InChI is InChI=1S/C33H35N5O6/c1-18(2)29-33(43)36-19(3)30(40)37-27(32(42)35-17-21-5-4-6-26-24(21)13-14-34-26)15-20-7-9-22(10-8-20)44-23-11-12-28(39)25(16-23)31(41)38-29/h4-14,16,18-19,27,29,34,39H,15,17H2,1-3H3,(H,35,42)(H,36,43)(H,37,40)(H,38,41)/t19-,27-,29-/m0/s1. The molecule has 0 saturated heterocycles. The first-order valence-electron chi connectivity index (χ1n) is 14.4. The zero-order chi connectivity index (χ0) is 31.4. The van der Waals surface area contributed by atoms with Gasteiger partial charge >= 0.3 is 0 Å². The molecule has 228 valence electrons. The molecule has 4 aromatic rings. The van der Waals surface area contributed by atoms with Crippen LogP contribution in [0.3, 0.4) is 0 Å². The first-order valence-corrected chi connectivity index (χ1v) is 14.4. The second-order valence-electron chi connectivity index (χ2n) is 11.2. The first-order chi connectivity index (χ1) is 21.1. The highest BCUT2D eigenvalue weighted by Gasteiger charge is 2.30. The molecule has 6 N–H and O–H groups in total. The van der Waals surface area contributed by atoms with Crippen molar-refractivity contribution in [3.63, 3.8) is 0 Å². The minimum Gasteiger partial charge on any atom is -0.507 e. The summed E-state index contributed by atoms with van der Waals surface area (Å²) in [7, 11) is 0. The van der Waals surface area contributed by atoms with E-state index in [1.807, 2.05) is 30.5 Å². The van der Waals surface area contributed by atoms with Crippen LogP contribution >= 0.6 is 0 Å². The summed E-state index contributed by atoms with van der Waals surface area (Å²) >= 11 is 0.